The van der Waals surface area contributed by atoms with E-state index in [0.29, 0.717) is 6.54 Å². The molecule has 9 heteroatoms. The number of nitrogens with one attached hydrogen (secondary N) is 1. The van der Waals surface area contributed by atoms with Crippen molar-refractivity contribution in [3.63, 3.8) is 0 Å². The van der Waals surface area contributed by atoms with E-state index in [9.17, 15) is 22.8 Å². The van der Waals surface area contributed by atoms with Crippen LogP contribution in [0.1, 0.15) is 13.3 Å². The van der Waals surface area contributed by atoms with Crippen LogP contribution in [0.15, 0.2) is 0 Å². The third kappa shape index (κ3) is 4.59. The van der Waals surface area contributed by atoms with E-state index in [2.05, 4.69) is 0 Å². The van der Waals surface area contributed by atoms with Gasteiger partial charge in [-0.15, -0.1) is 11.8 Å². The zero-order valence-electron chi connectivity index (χ0n) is 10.7. The van der Waals surface area contributed by atoms with Crippen molar-refractivity contribution in [2.75, 3.05) is 18.8 Å². The van der Waals surface area contributed by atoms with E-state index in [0.717, 1.165) is 0 Å². The zero-order valence-corrected chi connectivity index (χ0v) is 11.6. The SMILES string of the molecule is CCN1C(=O)CSC1CC(C#N)C(=O)NCC(F)(F)F. The Morgan fingerprint density at radius 3 is 2.80 bits per heavy atom. The molecule has 2 amide bonds. The molecule has 1 saturated heterocycles. The first-order valence-electron chi connectivity index (χ1n) is 5.93. The Bertz CT molecular complexity index is 422. The third-order valence-electron chi connectivity index (χ3n) is 2.78. The molecule has 1 fully saturated rings. The van der Waals surface area contributed by atoms with Gasteiger partial charge in [0.15, 0.2) is 0 Å². The summed E-state index contributed by atoms with van der Waals surface area (Å²) in [6, 6.07) is 1.69. The molecule has 1 N–H and O–H groups in total. The maximum atomic E-state index is 12.0. The zero-order chi connectivity index (χ0) is 15.3. The van der Waals surface area contributed by atoms with Crippen molar-refractivity contribution in [2.24, 2.45) is 5.92 Å². The van der Waals surface area contributed by atoms with Crippen LogP contribution >= 0.6 is 11.8 Å². The molecule has 0 aromatic carbocycles. The lowest BCUT2D eigenvalue weighted by atomic mass is 10.1. The minimum absolute atomic E-state index is 0.0322. The highest BCUT2D eigenvalue weighted by atomic mass is 32.2. The Kier molecular flexibility index (Phi) is 5.68. The predicted molar refractivity (Wildman–Crippen MR) is 66.4 cm³/mol. The minimum atomic E-state index is -4.51. The van der Waals surface area contributed by atoms with Gasteiger partial charge < -0.3 is 10.2 Å². The van der Waals surface area contributed by atoms with Crippen LogP contribution in [0.5, 0.6) is 0 Å². The van der Waals surface area contributed by atoms with Gasteiger partial charge in [0.05, 0.1) is 17.2 Å². The second-order valence-electron chi connectivity index (χ2n) is 4.20. The van der Waals surface area contributed by atoms with Crippen molar-refractivity contribution >= 4 is 23.6 Å². The molecule has 0 saturated carbocycles. The van der Waals surface area contributed by atoms with E-state index >= 15 is 0 Å². The fourth-order valence-corrected chi connectivity index (χ4v) is 3.08. The Morgan fingerprint density at radius 1 is 1.65 bits per heavy atom. The summed E-state index contributed by atoms with van der Waals surface area (Å²) in [5.41, 5.74) is 0. The van der Waals surface area contributed by atoms with Crippen molar-refractivity contribution in [2.45, 2.75) is 24.9 Å². The summed E-state index contributed by atoms with van der Waals surface area (Å²) in [6.07, 6.45) is -4.48. The fourth-order valence-electron chi connectivity index (χ4n) is 1.81. The van der Waals surface area contributed by atoms with Crippen LogP contribution in [0.25, 0.3) is 0 Å². The number of halogens is 3. The minimum Gasteiger partial charge on any atom is -0.346 e. The highest BCUT2D eigenvalue weighted by molar-refractivity contribution is 8.00. The topological polar surface area (TPSA) is 73.2 Å². The van der Waals surface area contributed by atoms with Crippen molar-refractivity contribution in [3.8, 4) is 6.07 Å². The first-order valence-corrected chi connectivity index (χ1v) is 6.98. The number of hydrogen-bond donors (Lipinski definition) is 1. The molecule has 2 unspecified atom stereocenters. The highest BCUT2D eigenvalue weighted by Crippen LogP contribution is 2.29. The van der Waals surface area contributed by atoms with Crippen LogP contribution in [0, 0.1) is 17.2 Å². The molecule has 0 aliphatic carbocycles. The monoisotopic (exact) mass is 309 g/mol. The number of amides is 2. The van der Waals surface area contributed by atoms with Crippen LogP contribution in [0.4, 0.5) is 13.2 Å². The summed E-state index contributed by atoms with van der Waals surface area (Å²) >= 11 is 1.29. The Balaban J connectivity index is 2.57. The lowest BCUT2D eigenvalue weighted by molar-refractivity contribution is -0.140. The molecule has 0 aromatic rings. The number of carbonyl (C=O) groups is 2. The standard InChI is InChI=1S/C11H14F3N3O2S/c1-2-17-8(18)5-20-9(17)3-7(4-15)10(19)16-6-11(12,13)14/h7,9H,2-3,5-6H2,1H3,(H,16,19). The molecule has 20 heavy (non-hydrogen) atoms. The molecular weight excluding hydrogens is 295 g/mol. The van der Waals surface area contributed by atoms with Gasteiger partial charge in [-0.3, -0.25) is 9.59 Å². The van der Waals surface area contributed by atoms with Crippen LogP contribution < -0.4 is 5.32 Å². The van der Waals surface area contributed by atoms with E-state index in [1.807, 2.05) is 0 Å². The molecule has 1 heterocycles. The number of carbonyl (C=O) groups excluding carboxylic acids is 2. The number of alkyl halides is 3. The van der Waals surface area contributed by atoms with Crippen LogP contribution in [0.3, 0.4) is 0 Å². The lowest BCUT2D eigenvalue weighted by Gasteiger charge is -2.23. The van der Waals surface area contributed by atoms with E-state index in [1.165, 1.54) is 16.7 Å². The number of nitrogens with zero attached hydrogens (tertiary/aromatic N) is 2. The van der Waals surface area contributed by atoms with Crippen LogP contribution in [-0.2, 0) is 9.59 Å². The molecule has 2 atom stereocenters. The molecule has 0 bridgehead atoms. The molecule has 0 radical (unpaired) electrons. The molecule has 5 nitrogen and oxygen atoms in total. The average Bonchev–Trinajstić information content (AvgIpc) is 2.72. The average molecular weight is 309 g/mol. The van der Waals surface area contributed by atoms with Gasteiger partial charge in [0.2, 0.25) is 11.8 Å². The van der Waals surface area contributed by atoms with Gasteiger partial charge in [0.1, 0.15) is 12.5 Å². The second-order valence-corrected chi connectivity index (χ2v) is 5.36. The van der Waals surface area contributed by atoms with E-state index in [-0.39, 0.29) is 23.5 Å². The molecule has 112 valence electrons. The summed E-state index contributed by atoms with van der Waals surface area (Å²) in [6.45, 7) is 0.749. The smallest absolute Gasteiger partial charge is 0.346 e. The van der Waals surface area contributed by atoms with E-state index in [1.54, 1.807) is 18.3 Å². The largest absolute Gasteiger partial charge is 0.405 e. The van der Waals surface area contributed by atoms with Crippen molar-refractivity contribution in [3.05, 3.63) is 0 Å². The first-order chi connectivity index (χ1) is 9.28. The van der Waals surface area contributed by atoms with Gasteiger partial charge in [-0.25, -0.2) is 0 Å². The quantitative estimate of drug-likeness (QED) is 0.826. The van der Waals surface area contributed by atoms with E-state index in [4.69, 9.17) is 5.26 Å². The predicted octanol–water partition coefficient (Wildman–Crippen LogP) is 1.12. The Labute approximate surface area is 118 Å². The van der Waals surface area contributed by atoms with Gasteiger partial charge >= 0.3 is 6.18 Å². The highest BCUT2D eigenvalue weighted by Gasteiger charge is 2.35. The fraction of sp³-hybridized carbons (Fsp3) is 0.727. The summed E-state index contributed by atoms with van der Waals surface area (Å²) in [4.78, 5) is 24.5. The van der Waals surface area contributed by atoms with Crippen molar-refractivity contribution < 1.29 is 22.8 Å². The molecule has 1 aliphatic rings. The van der Waals surface area contributed by atoms with Crippen LogP contribution in [-0.4, -0.2) is 47.1 Å². The number of rotatable bonds is 5. The summed E-state index contributed by atoms with van der Waals surface area (Å²) in [7, 11) is 0. The van der Waals surface area contributed by atoms with Gasteiger partial charge in [-0.05, 0) is 6.92 Å². The van der Waals surface area contributed by atoms with Crippen molar-refractivity contribution in [1.82, 2.24) is 10.2 Å². The second kappa shape index (κ2) is 6.83. The van der Waals surface area contributed by atoms with Crippen LogP contribution in [0.2, 0.25) is 0 Å². The summed E-state index contributed by atoms with van der Waals surface area (Å²) in [5.74, 6) is -1.98. The van der Waals surface area contributed by atoms with Gasteiger partial charge in [0, 0.05) is 13.0 Å². The molecule has 1 rings (SSSR count). The maximum absolute atomic E-state index is 12.0. The molecule has 1 aliphatic heterocycles. The Hall–Kier alpha value is -1.43. The number of thioether (sulfide) groups is 1. The number of nitriles is 1. The molecule has 0 aromatic heterocycles. The van der Waals surface area contributed by atoms with Gasteiger partial charge in [-0.1, -0.05) is 0 Å². The first kappa shape index (κ1) is 16.6. The Morgan fingerprint density at radius 2 is 2.30 bits per heavy atom. The van der Waals surface area contributed by atoms with Gasteiger partial charge in [-0.2, -0.15) is 18.4 Å². The van der Waals surface area contributed by atoms with E-state index < -0.39 is 24.5 Å². The normalized spacial score (nSPS) is 20.6. The van der Waals surface area contributed by atoms with Gasteiger partial charge in [0.25, 0.3) is 0 Å². The third-order valence-corrected chi connectivity index (χ3v) is 4.03. The summed E-state index contributed by atoms with van der Waals surface area (Å²) < 4.78 is 36.0. The molecular formula is C11H14F3N3O2S. The molecule has 0 spiro atoms. The lowest BCUT2D eigenvalue weighted by Crippen LogP contribution is -2.40. The maximum Gasteiger partial charge on any atom is 0.405 e. The summed E-state index contributed by atoms with van der Waals surface area (Å²) in [5, 5.41) is 10.3. The number of hydrogen-bond acceptors (Lipinski definition) is 4. The van der Waals surface area contributed by atoms with Crippen molar-refractivity contribution in [1.29, 1.82) is 5.26 Å².